The topological polar surface area (TPSA) is 61.4 Å². The Labute approximate surface area is 128 Å². The lowest BCUT2D eigenvalue weighted by Crippen LogP contribution is -2.44. The van der Waals surface area contributed by atoms with Crippen LogP contribution in [-0.4, -0.2) is 35.5 Å². The Bertz CT molecular complexity index is 513. The van der Waals surface area contributed by atoms with Crippen molar-refractivity contribution in [2.45, 2.75) is 50.7 Å². The number of thiophene rings is 1. The number of carbonyl (C=O) groups excluding carboxylic acids is 2. The van der Waals surface area contributed by atoms with Crippen LogP contribution in [0, 0.1) is 0 Å². The predicted molar refractivity (Wildman–Crippen MR) is 82.2 cm³/mol. The molecule has 5 nitrogen and oxygen atoms in total. The van der Waals surface area contributed by atoms with E-state index in [1.54, 1.807) is 11.3 Å². The second-order valence-corrected chi connectivity index (χ2v) is 6.75. The van der Waals surface area contributed by atoms with E-state index in [2.05, 4.69) is 17.6 Å². The van der Waals surface area contributed by atoms with Gasteiger partial charge in [-0.15, -0.1) is 11.3 Å². The molecular weight excluding hydrogens is 286 g/mol. The van der Waals surface area contributed by atoms with Crippen LogP contribution in [0.2, 0.25) is 0 Å². The molecule has 2 atom stereocenters. The van der Waals surface area contributed by atoms with Gasteiger partial charge in [-0.2, -0.15) is 0 Å². The van der Waals surface area contributed by atoms with Crippen molar-refractivity contribution in [1.29, 1.82) is 0 Å². The number of amides is 3. The van der Waals surface area contributed by atoms with Crippen molar-refractivity contribution < 1.29 is 9.59 Å². The third-order valence-corrected chi connectivity index (χ3v) is 5.07. The summed E-state index contributed by atoms with van der Waals surface area (Å²) in [5.41, 5.74) is 0. The maximum absolute atomic E-state index is 12.1. The van der Waals surface area contributed by atoms with Crippen molar-refractivity contribution in [3.63, 3.8) is 0 Å². The zero-order valence-corrected chi connectivity index (χ0v) is 13.0. The molecule has 1 aromatic heterocycles. The molecule has 1 aliphatic heterocycles. The lowest BCUT2D eigenvalue weighted by atomic mass is 10.2. The van der Waals surface area contributed by atoms with Gasteiger partial charge in [-0.3, -0.25) is 4.79 Å². The van der Waals surface area contributed by atoms with Gasteiger partial charge in [-0.25, -0.2) is 4.79 Å². The molecule has 3 rings (SSSR count). The van der Waals surface area contributed by atoms with Crippen LogP contribution in [0.5, 0.6) is 0 Å². The first-order valence-corrected chi connectivity index (χ1v) is 8.45. The van der Waals surface area contributed by atoms with Crippen LogP contribution in [0.15, 0.2) is 17.5 Å². The van der Waals surface area contributed by atoms with Gasteiger partial charge in [0.2, 0.25) is 5.91 Å². The van der Waals surface area contributed by atoms with Gasteiger partial charge in [0.1, 0.15) is 0 Å². The molecule has 0 bridgehead atoms. The number of carbonyl (C=O) groups is 2. The van der Waals surface area contributed by atoms with E-state index < -0.39 is 0 Å². The van der Waals surface area contributed by atoms with Crippen LogP contribution in [0.4, 0.5) is 4.79 Å². The molecule has 0 aromatic carbocycles. The summed E-state index contributed by atoms with van der Waals surface area (Å²) >= 11 is 1.65. The van der Waals surface area contributed by atoms with Gasteiger partial charge in [0, 0.05) is 23.9 Å². The Morgan fingerprint density at radius 3 is 2.95 bits per heavy atom. The van der Waals surface area contributed by atoms with Crippen molar-refractivity contribution >= 4 is 23.3 Å². The van der Waals surface area contributed by atoms with Gasteiger partial charge in [-0.05, 0) is 30.7 Å². The van der Waals surface area contributed by atoms with Crippen molar-refractivity contribution in [2.24, 2.45) is 0 Å². The predicted octanol–water partition coefficient (Wildman–Crippen LogP) is 2.26. The third kappa shape index (κ3) is 3.37. The largest absolute Gasteiger partial charge is 0.338 e. The standard InChI is InChI=1S/C15H21N3O2S/c1-2-12(13-4-3-7-21-13)17-15(20)16-10-8-14(19)18(9-10)11-5-6-11/h3-4,7,10-12H,2,5-6,8-9H2,1H3,(H2,16,17,20)/t10-,12-/m0/s1. The van der Waals surface area contributed by atoms with E-state index in [4.69, 9.17) is 0 Å². The summed E-state index contributed by atoms with van der Waals surface area (Å²) in [6, 6.07) is 4.27. The molecule has 0 spiro atoms. The summed E-state index contributed by atoms with van der Waals surface area (Å²) in [5, 5.41) is 7.96. The third-order valence-electron chi connectivity index (χ3n) is 4.08. The first-order chi connectivity index (χ1) is 10.2. The van der Waals surface area contributed by atoms with E-state index in [9.17, 15) is 9.59 Å². The van der Waals surface area contributed by atoms with Gasteiger partial charge < -0.3 is 15.5 Å². The fourth-order valence-electron chi connectivity index (χ4n) is 2.82. The average Bonchev–Trinajstić information content (AvgIpc) is 3.02. The Kier molecular flexibility index (Phi) is 4.14. The van der Waals surface area contributed by atoms with Crippen LogP contribution >= 0.6 is 11.3 Å². The maximum Gasteiger partial charge on any atom is 0.315 e. The van der Waals surface area contributed by atoms with Gasteiger partial charge in [0.25, 0.3) is 0 Å². The van der Waals surface area contributed by atoms with Crippen molar-refractivity contribution in [3.8, 4) is 0 Å². The Hall–Kier alpha value is -1.56. The normalized spacial score (nSPS) is 23.2. The highest BCUT2D eigenvalue weighted by atomic mass is 32.1. The van der Waals surface area contributed by atoms with Crippen molar-refractivity contribution in [2.75, 3.05) is 6.54 Å². The van der Waals surface area contributed by atoms with Crippen molar-refractivity contribution in [3.05, 3.63) is 22.4 Å². The van der Waals surface area contributed by atoms with E-state index in [1.165, 1.54) is 0 Å². The maximum atomic E-state index is 12.1. The van der Waals surface area contributed by atoms with E-state index in [-0.39, 0.29) is 24.0 Å². The van der Waals surface area contributed by atoms with Crippen LogP contribution < -0.4 is 10.6 Å². The summed E-state index contributed by atoms with van der Waals surface area (Å²) in [4.78, 5) is 27.1. The van der Waals surface area contributed by atoms with E-state index in [0.29, 0.717) is 19.0 Å². The summed E-state index contributed by atoms with van der Waals surface area (Å²) in [6.07, 6.45) is 3.51. The smallest absolute Gasteiger partial charge is 0.315 e. The fraction of sp³-hybridized carbons (Fsp3) is 0.600. The molecule has 1 aliphatic carbocycles. The molecule has 2 aliphatic rings. The monoisotopic (exact) mass is 307 g/mol. The molecule has 21 heavy (non-hydrogen) atoms. The van der Waals surface area contributed by atoms with Gasteiger partial charge in [0.15, 0.2) is 0 Å². The minimum absolute atomic E-state index is 0.0432. The lowest BCUT2D eigenvalue weighted by Gasteiger charge is -2.19. The number of likely N-dealkylation sites (tertiary alicyclic amines) is 1. The number of rotatable bonds is 5. The molecule has 1 aromatic rings. The Balaban J connectivity index is 1.51. The van der Waals surface area contributed by atoms with Crippen LogP contribution in [-0.2, 0) is 4.79 Å². The molecule has 114 valence electrons. The summed E-state index contributed by atoms with van der Waals surface area (Å²) in [6.45, 7) is 2.71. The number of urea groups is 1. The van der Waals surface area contributed by atoms with E-state index in [1.807, 2.05) is 22.4 Å². The average molecular weight is 307 g/mol. The van der Waals surface area contributed by atoms with Gasteiger partial charge >= 0.3 is 6.03 Å². The molecule has 6 heteroatoms. The molecular formula is C15H21N3O2S. The molecule has 2 N–H and O–H groups in total. The van der Waals surface area contributed by atoms with Crippen LogP contribution in [0.3, 0.4) is 0 Å². The minimum Gasteiger partial charge on any atom is -0.338 e. The number of hydrogen-bond acceptors (Lipinski definition) is 3. The number of hydrogen-bond donors (Lipinski definition) is 2. The SMILES string of the molecule is CC[C@H](NC(=O)N[C@H]1CC(=O)N(C2CC2)C1)c1cccs1. The summed E-state index contributed by atoms with van der Waals surface area (Å²) in [5.74, 6) is 0.174. The Morgan fingerprint density at radius 2 is 2.33 bits per heavy atom. The quantitative estimate of drug-likeness (QED) is 0.876. The van der Waals surface area contributed by atoms with Crippen molar-refractivity contribution in [1.82, 2.24) is 15.5 Å². The summed E-state index contributed by atoms with van der Waals surface area (Å²) < 4.78 is 0. The highest BCUT2D eigenvalue weighted by Crippen LogP contribution is 2.30. The lowest BCUT2D eigenvalue weighted by molar-refractivity contribution is -0.128. The molecule has 1 saturated heterocycles. The number of nitrogens with zero attached hydrogens (tertiary/aromatic N) is 1. The van der Waals surface area contributed by atoms with Crippen LogP contribution in [0.1, 0.15) is 43.5 Å². The first-order valence-electron chi connectivity index (χ1n) is 7.57. The fourth-order valence-corrected chi connectivity index (χ4v) is 3.68. The second kappa shape index (κ2) is 6.05. The molecule has 2 heterocycles. The zero-order valence-electron chi connectivity index (χ0n) is 12.2. The Morgan fingerprint density at radius 1 is 1.52 bits per heavy atom. The highest BCUT2D eigenvalue weighted by Gasteiger charge is 2.39. The zero-order chi connectivity index (χ0) is 14.8. The minimum atomic E-state index is -0.175. The number of nitrogens with one attached hydrogen (secondary N) is 2. The molecule has 1 saturated carbocycles. The first kappa shape index (κ1) is 14.4. The van der Waals surface area contributed by atoms with Gasteiger partial charge in [-0.1, -0.05) is 13.0 Å². The molecule has 0 radical (unpaired) electrons. The van der Waals surface area contributed by atoms with Gasteiger partial charge in [0.05, 0.1) is 12.1 Å². The van der Waals surface area contributed by atoms with E-state index in [0.717, 1.165) is 24.1 Å². The van der Waals surface area contributed by atoms with Crippen LogP contribution in [0.25, 0.3) is 0 Å². The second-order valence-electron chi connectivity index (χ2n) is 5.77. The molecule has 0 unspecified atom stereocenters. The highest BCUT2D eigenvalue weighted by molar-refractivity contribution is 7.10. The molecule has 3 amide bonds. The summed E-state index contributed by atoms with van der Waals surface area (Å²) in [7, 11) is 0. The molecule has 2 fully saturated rings. The van der Waals surface area contributed by atoms with E-state index >= 15 is 0 Å².